The lowest BCUT2D eigenvalue weighted by molar-refractivity contribution is -0.900. The number of hydrogen-bond donors (Lipinski definition) is 2. The maximum atomic E-state index is 9.05. The highest BCUT2D eigenvalue weighted by molar-refractivity contribution is 6.05. The first-order chi connectivity index (χ1) is 10.9. The van der Waals surface area contributed by atoms with Crippen LogP contribution >= 0.6 is 0 Å². The summed E-state index contributed by atoms with van der Waals surface area (Å²) < 4.78 is 6.00. The van der Waals surface area contributed by atoms with Gasteiger partial charge in [0, 0.05) is 5.39 Å². The molecule has 1 aromatic carbocycles. The fourth-order valence-corrected chi connectivity index (χ4v) is 3.18. The molecule has 2 N–H and O–H groups in total. The minimum absolute atomic E-state index is 0.247. The fraction of sp³-hybridized carbons (Fsp3) is 0.375. The maximum absolute atomic E-state index is 9.05. The molecule has 22 heavy (non-hydrogen) atoms. The quantitative estimate of drug-likeness (QED) is 0.716. The van der Waals surface area contributed by atoms with Crippen LogP contribution in [0.4, 0.5) is 5.82 Å². The van der Waals surface area contributed by atoms with Crippen LogP contribution in [0.2, 0.25) is 0 Å². The number of piperazine rings is 1. The molecule has 0 atom stereocenters. The highest BCUT2D eigenvalue weighted by atomic mass is 16.3. The van der Waals surface area contributed by atoms with E-state index in [0.717, 1.165) is 60.6 Å². The van der Waals surface area contributed by atoms with E-state index in [1.807, 2.05) is 24.3 Å². The molecule has 3 aromatic rings. The molecule has 2 aromatic heterocycles. The lowest BCUT2D eigenvalue weighted by Gasteiger charge is -2.32. The van der Waals surface area contributed by atoms with Crippen molar-refractivity contribution in [1.29, 1.82) is 0 Å². The van der Waals surface area contributed by atoms with E-state index >= 15 is 0 Å². The average molecular weight is 299 g/mol. The molecule has 1 aliphatic rings. The van der Waals surface area contributed by atoms with E-state index < -0.39 is 0 Å². The van der Waals surface area contributed by atoms with Crippen molar-refractivity contribution in [3.8, 4) is 0 Å². The minimum atomic E-state index is 0.247. The number of aliphatic hydroxyl groups is 1. The van der Waals surface area contributed by atoms with Crippen molar-refractivity contribution in [1.82, 2.24) is 9.97 Å². The van der Waals surface area contributed by atoms with Gasteiger partial charge < -0.3 is 19.3 Å². The van der Waals surface area contributed by atoms with Gasteiger partial charge >= 0.3 is 0 Å². The van der Waals surface area contributed by atoms with Gasteiger partial charge in [-0.3, -0.25) is 0 Å². The van der Waals surface area contributed by atoms with Gasteiger partial charge in [0.15, 0.2) is 11.4 Å². The Labute approximate surface area is 128 Å². The third-order valence-electron chi connectivity index (χ3n) is 4.37. The largest absolute Gasteiger partial charge is 0.450 e. The third kappa shape index (κ3) is 2.20. The number of aromatic nitrogens is 2. The van der Waals surface area contributed by atoms with Crippen molar-refractivity contribution in [2.75, 3.05) is 44.2 Å². The molecule has 0 bridgehead atoms. The molecule has 0 radical (unpaired) electrons. The Morgan fingerprint density at radius 1 is 1.18 bits per heavy atom. The number of fused-ring (bicyclic) bond motifs is 3. The molecule has 0 unspecified atom stereocenters. The van der Waals surface area contributed by atoms with E-state index in [0.29, 0.717) is 0 Å². The minimum Gasteiger partial charge on any atom is -0.450 e. The van der Waals surface area contributed by atoms with Gasteiger partial charge in [0.25, 0.3) is 0 Å². The predicted molar refractivity (Wildman–Crippen MR) is 84.2 cm³/mol. The number of quaternary nitrogens is 1. The average Bonchev–Trinajstić information content (AvgIpc) is 2.95. The van der Waals surface area contributed by atoms with Gasteiger partial charge in [-0.25, -0.2) is 9.97 Å². The number of nitrogens with zero attached hydrogens (tertiary/aromatic N) is 3. The van der Waals surface area contributed by atoms with E-state index in [-0.39, 0.29) is 6.61 Å². The standard InChI is InChI=1S/C16H18N4O2/c21-10-9-19-5-7-20(8-6-19)16-15-14(17-11-18-16)12-3-1-2-4-13(12)22-15/h1-4,11,21H,5-10H2/p+1. The molecule has 1 saturated heterocycles. The smallest absolute Gasteiger partial charge is 0.196 e. The van der Waals surface area contributed by atoms with Gasteiger partial charge in [-0.05, 0) is 12.1 Å². The molecule has 6 heteroatoms. The number of rotatable bonds is 3. The van der Waals surface area contributed by atoms with Crippen molar-refractivity contribution in [3.63, 3.8) is 0 Å². The fourth-order valence-electron chi connectivity index (χ4n) is 3.18. The number of hydrogen-bond acceptors (Lipinski definition) is 5. The van der Waals surface area contributed by atoms with Crippen LogP contribution in [0.25, 0.3) is 22.1 Å². The number of benzene rings is 1. The van der Waals surface area contributed by atoms with Gasteiger partial charge in [0.1, 0.15) is 24.0 Å². The molecule has 6 nitrogen and oxygen atoms in total. The summed E-state index contributed by atoms with van der Waals surface area (Å²) in [7, 11) is 0. The SMILES string of the molecule is OCC[NH+]1CCN(c2ncnc3c2oc2ccccc23)CC1. The Hall–Kier alpha value is -2.18. The summed E-state index contributed by atoms with van der Waals surface area (Å²) in [6, 6.07) is 7.95. The summed E-state index contributed by atoms with van der Waals surface area (Å²) in [5, 5.41) is 10.1. The lowest BCUT2D eigenvalue weighted by atomic mass is 10.2. The van der Waals surface area contributed by atoms with Crippen LogP contribution in [0.3, 0.4) is 0 Å². The number of furan rings is 1. The molecule has 0 saturated carbocycles. The lowest BCUT2D eigenvalue weighted by Crippen LogP contribution is -3.15. The monoisotopic (exact) mass is 299 g/mol. The van der Waals surface area contributed by atoms with E-state index in [1.165, 1.54) is 4.90 Å². The first kappa shape index (κ1) is 13.5. The van der Waals surface area contributed by atoms with Gasteiger partial charge in [0.05, 0.1) is 32.8 Å². The van der Waals surface area contributed by atoms with Gasteiger partial charge in [-0.15, -0.1) is 0 Å². The molecule has 4 rings (SSSR count). The first-order valence-corrected chi connectivity index (χ1v) is 7.68. The third-order valence-corrected chi connectivity index (χ3v) is 4.37. The summed E-state index contributed by atoms with van der Waals surface area (Å²) in [5.74, 6) is 0.879. The molecule has 1 aliphatic heterocycles. The van der Waals surface area contributed by atoms with Crippen LogP contribution in [0.15, 0.2) is 35.0 Å². The maximum Gasteiger partial charge on any atom is 0.196 e. The van der Waals surface area contributed by atoms with Crippen molar-refractivity contribution in [2.24, 2.45) is 0 Å². The molecule has 0 aliphatic carbocycles. The number of para-hydroxylation sites is 1. The first-order valence-electron chi connectivity index (χ1n) is 7.68. The zero-order valence-corrected chi connectivity index (χ0v) is 12.3. The second-order valence-corrected chi connectivity index (χ2v) is 5.68. The number of anilines is 1. The van der Waals surface area contributed by atoms with E-state index in [9.17, 15) is 0 Å². The summed E-state index contributed by atoms with van der Waals surface area (Å²) in [5.41, 5.74) is 2.50. The zero-order valence-electron chi connectivity index (χ0n) is 12.3. The Morgan fingerprint density at radius 2 is 2.00 bits per heavy atom. The molecular formula is C16H19N4O2+. The highest BCUT2D eigenvalue weighted by Gasteiger charge is 2.24. The summed E-state index contributed by atoms with van der Waals surface area (Å²) in [6.45, 7) is 4.91. The summed E-state index contributed by atoms with van der Waals surface area (Å²) >= 11 is 0. The Morgan fingerprint density at radius 3 is 2.82 bits per heavy atom. The molecule has 0 spiro atoms. The van der Waals surface area contributed by atoms with Crippen molar-refractivity contribution in [2.45, 2.75) is 0 Å². The van der Waals surface area contributed by atoms with Crippen molar-refractivity contribution in [3.05, 3.63) is 30.6 Å². The number of aliphatic hydroxyl groups excluding tert-OH is 1. The second kappa shape index (κ2) is 5.55. The van der Waals surface area contributed by atoms with Crippen LogP contribution in [0, 0.1) is 0 Å². The molecule has 1 fully saturated rings. The van der Waals surface area contributed by atoms with Crippen molar-refractivity contribution < 1.29 is 14.4 Å². The van der Waals surface area contributed by atoms with E-state index in [1.54, 1.807) is 6.33 Å². The van der Waals surface area contributed by atoms with Crippen LogP contribution < -0.4 is 9.80 Å². The summed E-state index contributed by atoms with van der Waals surface area (Å²) in [4.78, 5) is 12.6. The van der Waals surface area contributed by atoms with E-state index in [4.69, 9.17) is 9.52 Å². The van der Waals surface area contributed by atoms with Crippen LogP contribution in [0.5, 0.6) is 0 Å². The highest BCUT2D eigenvalue weighted by Crippen LogP contribution is 2.31. The van der Waals surface area contributed by atoms with Crippen LogP contribution in [-0.4, -0.2) is 54.4 Å². The Bertz CT molecular complexity index is 793. The van der Waals surface area contributed by atoms with Crippen molar-refractivity contribution >= 4 is 27.9 Å². The van der Waals surface area contributed by atoms with Gasteiger partial charge in [-0.1, -0.05) is 12.1 Å². The number of nitrogens with one attached hydrogen (secondary N) is 1. The van der Waals surface area contributed by atoms with Crippen LogP contribution in [0.1, 0.15) is 0 Å². The van der Waals surface area contributed by atoms with Gasteiger partial charge in [0.2, 0.25) is 0 Å². The predicted octanol–water partition coefficient (Wildman–Crippen LogP) is 0.0732. The second-order valence-electron chi connectivity index (χ2n) is 5.68. The molecule has 114 valence electrons. The van der Waals surface area contributed by atoms with Crippen LogP contribution in [-0.2, 0) is 0 Å². The van der Waals surface area contributed by atoms with E-state index in [2.05, 4.69) is 14.9 Å². The molecular weight excluding hydrogens is 280 g/mol. The molecule has 0 amide bonds. The van der Waals surface area contributed by atoms with Gasteiger partial charge in [-0.2, -0.15) is 0 Å². The molecule has 3 heterocycles. The zero-order chi connectivity index (χ0) is 14.9. The summed E-state index contributed by atoms with van der Waals surface area (Å²) in [6.07, 6.45) is 1.62. The normalized spacial score (nSPS) is 16.7. The topological polar surface area (TPSA) is 66.8 Å². The Kier molecular flexibility index (Phi) is 3.40. The Balaban J connectivity index is 1.70.